The Bertz CT molecular complexity index is 1000. The van der Waals surface area contributed by atoms with Gasteiger partial charge in [-0.3, -0.25) is 24.9 Å². The Kier molecular flexibility index (Phi) is 5.34. The van der Waals surface area contributed by atoms with E-state index in [-0.39, 0.29) is 15.3 Å². The number of nitrogens with zero attached hydrogens (tertiary/aromatic N) is 3. The van der Waals surface area contributed by atoms with Gasteiger partial charge in [0, 0.05) is 30.0 Å². The first-order chi connectivity index (χ1) is 13.5. The summed E-state index contributed by atoms with van der Waals surface area (Å²) in [7, 11) is 0. The van der Waals surface area contributed by atoms with Crippen molar-refractivity contribution in [3.63, 3.8) is 0 Å². The van der Waals surface area contributed by atoms with E-state index in [1.165, 1.54) is 6.92 Å². The van der Waals surface area contributed by atoms with E-state index in [4.69, 9.17) is 0 Å². The lowest BCUT2D eigenvalue weighted by Gasteiger charge is -2.20. The van der Waals surface area contributed by atoms with Gasteiger partial charge in [0.25, 0.3) is 11.2 Å². The third-order valence-corrected chi connectivity index (χ3v) is 5.70. The van der Waals surface area contributed by atoms with Gasteiger partial charge >= 0.3 is 17.1 Å². The molecule has 1 saturated heterocycles. The highest BCUT2D eigenvalue weighted by Gasteiger charge is 2.39. The Morgan fingerprint density at radius 1 is 1.34 bits per heavy atom. The van der Waals surface area contributed by atoms with Gasteiger partial charge in [-0.2, -0.15) is 13.2 Å². The average Bonchev–Trinajstić information content (AvgIpc) is 3.28. The van der Waals surface area contributed by atoms with Crippen LogP contribution in [0.1, 0.15) is 35.1 Å². The number of amides is 2. The zero-order chi connectivity index (χ0) is 21.5. The minimum atomic E-state index is -4.88. The third-order valence-electron chi connectivity index (χ3n) is 4.52. The molecule has 0 spiro atoms. The summed E-state index contributed by atoms with van der Waals surface area (Å²) in [6.45, 7) is 2.57. The lowest BCUT2D eigenvalue weighted by molar-refractivity contribution is -0.882. The number of carbonyl (C=O) groups is 2. The summed E-state index contributed by atoms with van der Waals surface area (Å²) in [5.41, 5.74) is -2.75. The van der Waals surface area contributed by atoms with Crippen molar-refractivity contribution in [3.8, 4) is 0 Å². The minimum Gasteiger partial charge on any atom is -0.341 e. The number of alkyl halides is 3. The zero-order valence-electron chi connectivity index (χ0n) is 15.0. The van der Waals surface area contributed by atoms with Gasteiger partial charge in [-0.25, -0.2) is 0 Å². The summed E-state index contributed by atoms with van der Waals surface area (Å²) >= 11 is 0.459. The summed E-state index contributed by atoms with van der Waals surface area (Å²) < 4.78 is 39.0. The lowest BCUT2D eigenvalue weighted by atomic mass is 10.2. The van der Waals surface area contributed by atoms with Crippen molar-refractivity contribution in [2.45, 2.75) is 32.0 Å². The van der Waals surface area contributed by atoms with E-state index < -0.39 is 44.8 Å². The number of carbonyl (C=O) groups excluding carboxylic acids is 2. The molecule has 29 heavy (non-hydrogen) atoms. The number of nitro benzene ring substituents is 1. The molecule has 1 aromatic carbocycles. The number of rotatable bonds is 4. The largest absolute Gasteiger partial charge is 0.416 e. The molecular formula is C16H16F3N4O5S+. The molecule has 1 aliphatic heterocycles. The lowest BCUT2D eigenvalue weighted by Crippen LogP contribution is -2.48. The number of likely N-dealkylation sites (tertiary alicyclic amines) is 1. The number of non-ortho nitro benzene ring substituents is 1. The number of nitro groups is 1. The number of aromatic nitrogens is 1. The number of thiazole rings is 1. The Balaban J connectivity index is 1.96. The summed E-state index contributed by atoms with van der Waals surface area (Å²) in [5.74, 6) is -1.26. The van der Waals surface area contributed by atoms with Crippen LogP contribution in [0.5, 0.6) is 0 Å². The van der Waals surface area contributed by atoms with Gasteiger partial charge < -0.3 is 10.2 Å². The van der Waals surface area contributed by atoms with Gasteiger partial charge in [0.1, 0.15) is 6.04 Å². The Morgan fingerprint density at radius 3 is 2.52 bits per heavy atom. The highest BCUT2D eigenvalue weighted by molar-refractivity contribution is 7.20. The van der Waals surface area contributed by atoms with Crippen LogP contribution in [0.2, 0.25) is 0 Å². The second-order valence-electron chi connectivity index (χ2n) is 6.55. The molecule has 1 aliphatic rings. The SMILES string of the molecule is C[C@H](NC(=O)c1sc2c([N+](=O)[O-])cc(C(F)(F)F)cc2[n+]1O)C(=O)N1CCCC1. The Hall–Kier alpha value is -2.96. The zero-order valence-corrected chi connectivity index (χ0v) is 15.8. The summed E-state index contributed by atoms with van der Waals surface area (Å²) in [4.78, 5) is 36.5. The molecule has 2 N–H and O–H groups in total. The first-order valence-electron chi connectivity index (χ1n) is 8.53. The third kappa shape index (κ3) is 3.95. The van der Waals surface area contributed by atoms with Crippen molar-refractivity contribution in [1.29, 1.82) is 0 Å². The summed E-state index contributed by atoms with van der Waals surface area (Å²) in [5, 5.41) is 23.3. The minimum absolute atomic E-state index is 0.171. The molecule has 2 amide bonds. The normalized spacial score (nSPS) is 15.5. The van der Waals surface area contributed by atoms with Crippen LogP contribution < -0.4 is 10.0 Å². The van der Waals surface area contributed by atoms with Crippen molar-refractivity contribution in [3.05, 3.63) is 32.8 Å². The van der Waals surface area contributed by atoms with E-state index in [9.17, 15) is 38.1 Å². The second-order valence-corrected chi connectivity index (χ2v) is 7.54. The van der Waals surface area contributed by atoms with Crippen LogP contribution in [0.4, 0.5) is 18.9 Å². The van der Waals surface area contributed by atoms with Gasteiger partial charge in [0.2, 0.25) is 5.91 Å². The van der Waals surface area contributed by atoms with E-state index in [2.05, 4.69) is 5.32 Å². The first-order valence-corrected chi connectivity index (χ1v) is 9.35. The molecule has 0 saturated carbocycles. The van der Waals surface area contributed by atoms with Crippen molar-refractivity contribution in [1.82, 2.24) is 10.2 Å². The number of halogens is 3. The average molecular weight is 433 g/mol. The predicted octanol–water partition coefficient (Wildman–Crippen LogP) is 2.09. The molecule has 1 atom stereocenters. The Labute approximate surface area is 165 Å². The maximum absolute atomic E-state index is 13.0. The molecule has 9 nitrogen and oxygen atoms in total. The van der Waals surface area contributed by atoms with Crippen LogP contribution in [0, 0.1) is 10.1 Å². The van der Waals surface area contributed by atoms with Gasteiger partial charge in [-0.15, -0.1) is 0 Å². The number of hydrogen-bond acceptors (Lipinski definition) is 6. The topological polar surface area (TPSA) is 117 Å². The fraction of sp³-hybridized carbons (Fsp3) is 0.438. The molecule has 0 aliphatic carbocycles. The van der Waals surface area contributed by atoms with Crippen molar-refractivity contribution in [2.75, 3.05) is 13.1 Å². The maximum Gasteiger partial charge on any atom is 0.416 e. The van der Waals surface area contributed by atoms with Gasteiger partial charge in [0.15, 0.2) is 4.70 Å². The number of hydrogen-bond donors (Lipinski definition) is 2. The van der Waals surface area contributed by atoms with Crippen LogP contribution in [0.3, 0.4) is 0 Å². The molecule has 2 heterocycles. The standard InChI is InChI=1S/C16H15F3N4O5S/c1-8(14(25)21-4-2-3-5-21)20-13(24)15-22(26)10-6-9(16(17,18)19)7-11(23(27)28)12(10)29-15/h6-8H,2-5H2,1H3,(H-,20,24,26)/p+1/t8-/m0/s1. The Morgan fingerprint density at radius 2 is 1.97 bits per heavy atom. The van der Waals surface area contributed by atoms with E-state index in [1.807, 2.05) is 0 Å². The van der Waals surface area contributed by atoms with Crippen LogP contribution in [-0.2, 0) is 11.0 Å². The number of nitrogens with one attached hydrogen (secondary N) is 1. The molecule has 1 aromatic heterocycles. The smallest absolute Gasteiger partial charge is 0.341 e. The van der Waals surface area contributed by atoms with E-state index in [1.54, 1.807) is 4.90 Å². The predicted molar refractivity (Wildman–Crippen MR) is 93.6 cm³/mol. The fourth-order valence-electron chi connectivity index (χ4n) is 3.08. The molecule has 0 radical (unpaired) electrons. The van der Waals surface area contributed by atoms with Crippen LogP contribution in [-0.4, -0.2) is 46.0 Å². The van der Waals surface area contributed by atoms with Crippen molar-refractivity contribution >= 4 is 39.1 Å². The molecule has 0 unspecified atom stereocenters. The number of benzene rings is 1. The monoisotopic (exact) mass is 433 g/mol. The van der Waals surface area contributed by atoms with Crippen LogP contribution in [0.15, 0.2) is 12.1 Å². The van der Waals surface area contributed by atoms with E-state index in [0.29, 0.717) is 36.6 Å². The summed E-state index contributed by atoms with van der Waals surface area (Å²) in [6.07, 6.45) is -3.18. The van der Waals surface area contributed by atoms with Gasteiger partial charge in [-0.05, 0) is 31.1 Å². The maximum atomic E-state index is 13.0. The van der Waals surface area contributed by atoms with Crippen LogP contribution >= 0.6 is 11.3 Å². The molecule has 3 rings (SSSR count). The number of fused-ring (bicyclic) bond motifs is 1. The molecule has 2 aromatic rings. The van der Waals surface area contributed by atoms with Gasteiger partial charge in [-0.1, -0.05) is 0 Å². The molecule has 156 valence electrons. The van der Waals surface area contributed by atoms with Crippen molar-refractivity contribution < 1.29 is 37.6 Å². The molecule has 1 fully saturated rings. The molecule has 13 heteroatoms. The fourth-order valence-corrected chi connectivity index (χ4v) is 4.10. The highest BCUT2D eigenvalue weighted by atomic mass is 32.1. The van der Waals surface area contributed by atoms with Crippen molar-refractivity contribution in [2.24, 2.45) is 0 Å². The van der Waals surface area contributed by atoms with E-state index >= 15 is 0 Å². The highest BCUT2D eigenvalue weighted by Crippen LogP contribution is 2.37. The molecular weight excluding hydrogens is 417 g/mol. The summed E-state index contributed by atoms with van der Waals surface area (Å²) in [6, 6.07) is -0.0689. The van der Waals surface area contributed by atoms with Crippen LogP contribution in [0.25, 0.3) is 10.2 Å². The first kappa shape index (κ1) is 20.8. The van der Waals surface area contributed by atoms with Gasteiger partial charge in [0.05, 0.1) is 10.5 Å². The second kappa shape index (κ2) is 7.46. The quantitative estimate of drug-likeness (QED) is 0.332. The molecule has 0 bridgehead atoms. The van der Waals surface area contributed by atoms with E-state index in [0.717, 1.165) is 12.8 Å².